The van der Waals surface area contributed by atoms with Crippen molar-refractivity contribution in [2.24, 2.45) is 0 Å². The second-order valence-corrected chi connectivity index (χ2v) is 8.40. The van der Waals surface area contributed by atoms with E-state index in [9.17, 15) is 13.6 Å². The van der Waals surface area contributed by atoms with Crippen LogP contribution >= 0.6 is 11.3 Å². The number of amides is 1. The molecule has 2 aromatic heterocycles. The van der Waals surface area contributed by atoms with Gasteiger partial charge in [0.1, 0.15) is 17.2 Å². The van der Waals surface area contributed by atoms with Gasteiger partial charge in [0, 0.05) is 24.7 Å². The second-order valence-electron chi connectivity index (χ2n) is 7.52. The van der Waals surface area contributed by atoms with E-state index >= 15 is 0 Å². The molecule has 3 aromatic rings. The van der Waals surface area contributed by atoms with Gasteiger partial charge in [-0.3, -0.25) is 9.78 Å². The third-order valence-electron chi connectivity index (χ3n) is 5.60. The molecule has 158 valence electrons. The van der Waals surface area contributed by atoms with E-state index in [1.807, 2.05) is 5.38 Å². The summed E-state index contributed by atoms with van der Waals surface area (Å²) in [4.78, 5) is 28.3. The molecule has 0 atom stereocenters. The predicted molar refractivity (Wildman–Crippen MR) is 115 cm³/mol. The molecule has 3 heterocycles. The maximum Gasteiger partial charge on any atom is 0.262 e. The monoisotopic (exact) mass is 439 g/mol. The van der Waals surface area contributed by atoms with Gasteiger partial charge in [0.2, 0.25) is 0 Å². The molecule has 1 aliphatic heterocycles. The first-order valence-electron chi connectivity index (χ1n) is 10.1. The van der Waals surface area contributed by atoms with Crippen molar-refractivity contribution in [1.82, 2.24) is 15.0 Å². The molecule has 1 aliphatic carbocycles. The predicted octanol–water partition coefficient (Wildman–Crippen LogP) is 4.46. The van der Waals surface area contributed by atoms with Gasteiger partial charge >= 0.3 is 0 Å². The molecule has 9 heteroatoms. The van der Waals surface area contributed by atoms with Crippen LogP contribution in [0.4, 0.5) is 19.7 Å². The molecule has 0 radical (unpaired) electrons. The van der Waals surface area contributed by atoms with Gasteiger partial charge in [-0.05, 0) is 43.4 Å². The summed E-state index contributed by atoms with van der Waals surface area (Å²) in [6.45, 7) is 1.65. The van der Waals surface area contributed by atoms with Crippen molar-refractivity contribution in [1.29, 1.82) is 0 Å². The maximum absolute atomic E-state index is 13.9. The summed E-state index contributed by atoms with van der Waals surface area (Å²) in [6, 6.07) is 3.31. The van der Waals surface area contributed by atoms with E-state index in [1.54, 1.807) is 17.5 Å². The van der Waals surface area contributed by atoms with Gasteiger partial charge in [-0.1, -0.05) is 11.6 Å². The van der Waals surface area contributed by atoms with Crippen LogP contribution in [-0.4, -0.2) is 33.9 Å². The number of nitrogens with zero attached hydrogens (tertiary/aromatic N) is 4. The maximum atomic E-state index is 13.9. The molecule has 1 aromatic carbocycles. The number of hydrogen-bond acceptors (Lipinski definition) is 6. The highest BCUT2D eigenvalue weighted by atomic mass is 32.1. The van der Waals surface area contributed by atoms with Crippen LogP contribution in [0.25, 0.3) is 5.57 Å². The van der Waals surface area contributed by atoms with Crippen LogP contribution in [-0.2, 0) is 6.42 Å². The van der Waals surface area contributed by atoms with Gasteiger partial charge in [-0.2, -0.15) is 0 Å². The van der Waals surface area contributed by atoms with E-state index < -0.39 is 23.1 Å². The van der Waals surface area contributed by atoms with Crippen molar-refractivity contribution in [2.45, 2.75) is 25.7 Å². The van der Waals surface area contributed by atoms with E-state index in [1.165, 1.54) is 23.4 Å². The summed E-state index contributed by atoms with van der Waals surface area (Å²) in [6.07, 6.45) is 6.87. The molecule has 0 fully saturated rings. The number of hydrogen-bond donors (Lipinski definition) is 1. The number of carbonyl (C=O) groups excluding carboxylic acids is 1. The molecule has 0 saturated carbocycles. The molecule has 0 saturated heterocycles. The van der Waals surface area contributed by atoms with Crippen molar-refractivity contribution >= 4 is 33.8 Å². The van der Waals surface area contributed by atoms with Crippen molar-refractivity contribution in [3.05, 3.63) is 70.1 Å². The number of halogens is 2. The van der Waals surface area contributed by atoms with Crippen molar-refractivity contribution in [3.8, 4) is 0 Å². The third kappa shape index (κ3) is 3.81. The highest BCUT2D eigenvalue weighted by molar-refractivity contribution is 7.13. The Labute approximate surface area is 181 Å². The van der Waals surface area contributed by atoms with E-state index in [0.29, 0.717) is 0 Å². The first kappa shape index (κ1) is 19.7. The number of anilines is 2. The molecular weight excluding hydrogens is 420 g/mol. The molecule has 2 aliphatic rings. The van der Waals surface area contributed by atoms with Gasteiger partial charge in [-0.25, -0.2) is 18.7 Å². The van der Waals surface area contributed by atoms with Crippen LogP contribution in [0, 0.1) is 11.6 Å². The van der Waals surface area contributed by atoms with Gasteiger partial charge < -0.3 is 10.2 Å². The molecule has 0 spiro atoms. The van der Waals surface area contributed by atoms with Crippen LogP contribution in [0.5, 0.6) is 0 Å². The van der Waals surface area contributed by atoms with Crippen molar-refractivity contribution < 1.29 is 13.6 Å². The fourth-order valence-electron chi connectivity index (χ4n) is 4.13. The summed E-state index contributed by atoms with van der Waals surface area (Å²) in [5.41, 5.74) is 3.56. The molecule has 6 nitrogen and oxygen atoms in total. The Morgan fingerprint density at radius 2 is 1.97 bits per heavy atom. The van der Waals surface area contributed by atoms with Crippen LogP contribution < -0.4 is 10.2 Å². The summed E-state index contributed by atoms with van der Waals surface area (Å²) in [5, 5.41) is 5.44. The average molecular weight is 439 g/mol. The van der Waals surface area contributed by atoms with Gasteiger partial charge in [0.15, 0.2) is 10.9 Å². The zero-order valence-electron chi connectivity index (χ0n) is 16.6. The summed E-state index contributed by atoms with van der Waals surface area (Å²) in [7, 11) is 0. The molecular formula is C22H19F2N5OS. The second kappa shape index (κ2) is 8.14. The number of thiazole rings is 1. The first-order valence-corrected chi connectivity index (χ1v) is 10.9. The summed E-state index contributed by atoms with van der Waals surface area (Å²) in [5.74, 6) is -2.53. The van der Waals surface area contributed by atoms with Crippen molar-refractivity contribution in [2.75, 3.05) is 23.3 Å². The van der Waals surface area contributed by atoms with E-state index in [2.05, 4.69) is 25.2 Å². The van der Waals surface area contributed by atoms with Crippen LogP contribution in [0.15, 0.2) is 41.5 Å². The first-order chi connectivity index (χ1) is 15.1. The minimum absolute atomic E-state index is 0.183. The molecule has 0 bridgehead atoms. The Balaban J connectivity index is 1.42. The topological polar surface area (TPSA) is 71.0 Å². The number of rotatable bonds is 3. The molecule has 5 rings (SSSR count). The minimum atomic E-state index is -0.917. The molecule has 1 N–H and O–H groups in total. The highest BCUT2D eigenvalue weighted by Gasteiger charge is 2.27. The average Bonchev–Trinajstić information content (AvgIpc) is 3.23. The minimum Gasteiger partial charge on any atom is -0.343 e. The largest absolute Gasteiger partial charge is 0.343 e. The highest BCUT2D eigenvalue weighted by Crippen LogP contribution is 2.36. The lowest BCUT2D eigenvalue weighted by atomic mass is 9.96. The van der Waals surface area contributed by atoms with E-state index in [4.69, 9.17) is 0 Å². The Kier molecular flexibility index (Phi) is 5.19. The van der Waals surface area contributed by atoms with Crippen molar-refractivity contribution in [3.63, 3.8) is 0 Å². The van der Waals surface area contributed by atoms with Gasteiger partial charge in [0.05, 0.1) is 17.6 Å². The summed E-state index contributed by atoms with van der Waals surface area (Å²) < 4.78 is 27.8. The smallest absolute Gasteiger partial charge is 0.262 e. The van der Waals surface area contributed by atoms with E-state index in [-0.39, 0.29) is 5.82 Å². The fraction of sp³-hybridized carbons (Fsp3) is 0.273. The van der Waals surface area contributed by atoms with Gasteiger partial charge in [0.25, 0.3) is 5.91 Å². The van der Waals surface area contributed by atoms with Crippen LogP contribution in [0.1, 0.15) is 41.0 Å². The van der Waals surface area contributed by atoms with Crippen LogP contribution in [0.3, 0.4) is 0 Å². The number of aryl methyl sites for hydroxylation is 1. The molecule has 0 unspecified atom stereocenters. The van der Waals surface area contributed by atoms with Crippen LogP contribution in [0.2, 0.25) is 0 Å². The molecule has 1 amide bonds. The summed E-state index contributed by atoms with van der Waals surface area (Å²) >= 11 is 1.61. The lowest BCUT2D eigenvalue weighted by molar-refractivity contribution is 0.101. The number of nitrogens with one attached hydrogen (secondary N) is 1. The lowest BCUT2D eigenvalue weighted by Crippen LogP contribution is -2.31. The molecule has 31 heavy (non-hydrogen) atoms. The Morgan fingerprint density at radius 3 is 2.74 bits per heavy atom. The number of benzene rings is 1. The quantitative estimate of drug-likeness (QED) is 0.652. The van der Waals surface area contributed by atoms with E-state index in [0.717, 1.165) is 67.4 Å². The van der Waals surface area contributed by atoms with Gasteiger partial charge in [-0.15, -0.1) is 11.3 Å². The number of carbonyl (C=O) groups is 1. The Bertz CT molecular complexity index is 1160. The third-order valence-corrected chi connectivity index (χ3v) is 6.44. The fourth-order valence-corrected chi connectivity index (χ4v) is 4.80. The zero-order chi connectivity index (χ0) is 21.4. The number of fused-ring (bicyclic) bond motifs is 2. The normalized spacial score (nSPS) is 15.9. The number of aromatic nitrogens is 3. The lowest BCUT2D eigenvalue weighted by Gasteiger charge is -2.30. The SMILES string of the molecule is O=C(Nc1cnc2c(n1)CCCC1=C2CN(c2nccs2)CC1)c1c(F)cccc1F. The standard InChI is InChI=1S/C22H19F2N5OS/c23-15-4-2-5-16(24)19(15)21(30)28-18-11-26-20-14-12-29(22-25-8-10-31-22)9-7-13(14)3-1-6-17(20)27-18/h2,4-5,8,10-11H,1,3,6-7,9,12H2,(H,27,28,30). The Hall–Kier alpha value is -3.20. The zero-order valence-corrected chi connectivity index (χ0v) is 17.4. The Morgan fingerprint density at radius 1 is 1.13 bits per heavy atom.